The van der Waals surface area contributed by atoms with Gasteiger partial charge in [0, 0.05) is 31.0 Å². The number of piperidine rings is 1. The summed E-state index contributed by atoms with van der Waals surface area (Å²) in [5.74, 6) is -0.0653. The quantitative estimate of drug-likeness (QED) is 0.634. The minimum atomic E-state index is -0.0653. The maximum atomic E-state index is 13.0. The van der Waals surface area contributed by atoms with Gasteiger partial charge in [-0.25, -0.2) is 0 Å². The van der Waals surface area contributed by atoms with Crippen molar-refractivity contribution < 1.29 is 9.59 Å². The van der Waals surface area contributed by atoms with Crippen molar-refractivity contribution in [2.24, 2.45) is 5.10 Å². The maximum Gasteiger partial charge on any atom is 0.256 e. The van der Waals surface area contributed by atoms with Crippen molar-refractivity contribution in [1.29, 1.82) is 5.41 Å². The predicted molar refractivity (Wildman–Crippen MR) is 99.1 cm³/mol. The molecule has 0 spiro atoms. The number of nitrogens with zero attached hydrogens (tertiary/aromatic N) is 2. The summed E-state index contributed by atoms with van der Waals surface area (Å²) >= 11 is 1.32. The number of rotatable bonds is 5. The van der Waals surface area contributed by atoms with Gasteiger partial charge in [0.2, 0.25) is 0 Å². The van der Waals surface area contributed by atoms with Gasteiger partial charge < -0.3 is 10.3 Å². The molecule has 1 fully saturated rings. The molecule has 0 bridgehead atoms. The second-order valence-electron chi connectivity index (χ2n) is 5.72. The van der Waals surface area contributed by atoms with Crippen LogP contribution in [0.3, 0.4) is 0 Å². The normalized spacial score (nSPS) is 20.8. The molecule has 2 N–H and O–H groups in total. The van der Waals surface area contributed by atoms with Crippen molar-refractivity contribution in [3.63, 3.8) is 0 Å². The van der Waals surface area contributed by atoms with E-state index in [0.717, 1.165) is 19.1 Å². The van der Waals surface area contributed by atoms with Crippen molar-refractivity contribution >= 4 is 40.9 Å². The van der Waals surface area contributed by atoms with Gasteiger partial charge in [0.25, 0.3) is 5.91 Å². The highest BCUT2D eigenvalue weighted by molar-refractivity contribution is 8.14. The van der Waals surface area contributed by atoms with Crippen LogP contribution in [0.25, 0.3) is 0 Å². The van der Waals surface area contributed by atoms with E-state index in [9.17, 15) is 9.59 Å². The molecule has 6 nitrogen and oxygen atoms in total. The number of carbonyl (C=O) groups is 2. The van der Waals surface area contributed by atoms with Crippen molar-refractivity contribution in [1.82, 2.24) is 4.90 Å². The number of likely N-dealkylation sites (tertiary alicyclic amines) is 1. The molecular formula is C17H22N4O2S. The number of carbonyl (C=O) groups excluding carboxylic acids is 2. The number of hydrogen-bond donors (Lipinski definition) is 2. The number of nitrogens with one attached hydrogen (secondary N) is 2. The van der Waals surface area contributed by atoms with Crippen LogP contribution in [-0.2, 0) is 4.79 Å². The zero-order valence-corrected chi connectivity index (χ0v) is 14.7. The Morgan fingerprint density at radius 1 is 1.38 bits per heavy atom. The van der Waals surface area contributed by atoms with Crippen molar-refractivity contribution in [2.75, 3.05) is 12.0 Å². The minimum absolute atomic E-state index is 0.0653. The number of para-hydroxylation sites is 1. The van der Waals surface area contributed by atoms with Gasteiger partial charge in [0.05, 0.1) is 17.5 Å². The zero-order chi connectivity index (χ0) is 17.5. The second kappa shape index (κ2) is 8.63. The van der Waals surface area contributed by atoms with E-state index >= 15 is 0 Å². The fraction of sp³-hybridized carbons (Fsp3) is 0.412. The lowest BCUT2D eigenvalue weighted by Gasteiger charge is -2.37. The third-order valence-corrected chi connectivity index (χ3v) is 4.97. The van der Waals surface area contributed by atoms with Crippen LogP contribution in [0.15, 0.2) is 29.4 Å². The van der Waals surface area contributed by atoms with Crippen LogP contribution in [0.4, 0.5) is 5.69 Å². The average Bonchev–Trinajstić information content (AvgIpc) is 2.56. The molecule has 0 aliphatic carbocycles. The number of anilines is 1. The van der Waals surface area contributed by atoms with Gasteiger partial charge in [-0.3, -0.25) is 15.0 Å². The molecule has 2 rings (SSSR count). The fourth-order valence-electron chi connectivity index (χ4n) is 2.75. The first-order valence-electron chi connectivity index (χ1n) is 7.88. The Labute approximate surface area is 146 Å². The lowest BCUT2D eigenvalue weighted by molar-refractivity contribution is -0.109. The van der Waals surface area contributed by atoms with E-state index < -0.39 is 0 Å². The summed E-state index contributed by atoms with van der Waals surface area (Å²) in [6.45, 7) is 4.17. The molecule has 0 unspecified atom stereocenters. The van der Waals surface area contributed by atoms with Gasteiger partial charge in [-0.2, -0.15) is 5.10 Å². The molecule has 0 radical (unpaired) electrons. The van der Waals surface area contributed by atoms with Crippen LogP contribution < -0.4 is 5.43 Å². The van der Waals surface area contributed by atoms with E-state index in [1.54, 1.807) is 19.1 Å². The highest BCUT2D eigenvalue weighted by atomic mass is 32.2. The number of thioether (sulfide) groups is 1. The summed E-state index contributed by atoms with van der Waals surface area (Å²) in [6.07, 6.45) is 4.20. The fourth-order valence-corrected chi connectivity index (χ4v) is 3.71. The Balaban J connectivity index is 2.18. The summed E-state index contributed by atoms with van der Waals surface area (Å²) in [5, 5.41) is 11.1. The Morgan fingerprint density at radius 2 is 2.12 bits per heavy atom. The molecule has 128 valence electrons. The van der Waals surface area contributed by atoms with E-state index in [2.05, 4.69) is 10.5 Å². The third-order valence-electron chi connectivity index (χ3n) is 3.92. The molecule has 24 heavy (non-hydrogen) atoms. The number of amides is 1. The average molecular weight is 346 g/mol. The molecule has 7 heteroatoms. The predicted octanol–water partition coefficient (Wildman–Crippen LogP) is 3.01. The molecule has 1 aromatic rings. The summed E-state index contributed by atoms with van der Waals surface area (Å²) in [4.78, 5) is 26.2. The minimum Gasteiger partial charge on any atom is -0.335 e. The van der Waals surface area contributed by atoms with Gasteiger partial charge in [-0.15, -0.1) is 0 Å². The van der Waals surface area contributed by atoms with Gasteiger partial charge in [0.15, 0.2) is 5.12 Å². The van der Waals surface area contributed by atoms with E-state index in [4.69, 9.17) is 5.41 Å². The molecule has 0 saturated carbocycles. The zero-order valence-electron chi connectivity index (χ0n) is 13.9. The SMILES string of the molecule is CC(=O)S[C@@H]1CC[C@@H](C)N(C(=O)c2ccccc2N/N=C\C=N)C1. The summed E-state index contributed by atoms with van der Waals surface area (Å²) in [6, 6.07) is 7.33. The van der Waals surface area contributed by atoms with E-state index in [1.165, 1.54) is 18.0 Å². The van der Waals surface area contributed by atoms with Gasteiger partial charge >= 0.3 is 0 Å². The molecule has 1 aromatic carbocycles. The third kappa shape index (κ3) is 4.67. The Kier molecular flexibility index (Phi) is 6.54. The van der Waals surface area contributed by atoms with Crippen LogP contribution in [-0.4, -0.2) is 46.2 Å². The molecule has 1 amide bonds. The van der Waals surface area contributed by atoms with Crippen LogP contribution in [0.5, 0.6) is 0 Å². The number of benzene rings is 1. The standard InChI is InChI=1S/C17H22N4O2S/c1-12-7-8-14(24-13(2)22)11-21(12)17(23)15-5-3-4-6-16(15)20-19-10-9-18/h3-6,9-10,12,14,18,20H,7-8,11H2,1-2H3/b18-9?,19-10-/t12-,14-/m1/s1. The van der Waals surface area contributed by atoms with Gasteiger partial charge in [-0.1, -0.05) is 23.9 Å². The van der Waals surface area contributed by atoms with Crippen molar-refractivity contribution in [3.8, 4) is 0 Å². The van der Waals surface area contributed by atoms with Crippen LogP contribution in [0, 0.1) is 5.41 Å². The Bertz CT molecular complexity index is 647. The Hall–Kier alpha value is -2.15. The van der Waals surface area contributed by atoms with E-state index in [1.807, 2.05) is 24.0 Å². The Morgan fingerprint density at radius 3 is 2.83 bits per heavy atom. The number of hydrazone groups is 1. The van der Waals surface area contributed by atoms with Gasteiger partial charge in [0.1, 0.15) is 0 Å². The first-order chi connectivity index (χ1) is 11.5. The largest absolute Gasteiger partial charge is 0.335 e. The molecular weight excluding hydrogens is 324 g/mol. The molecule has 2 atom stereocenters. The second-order valence-corrected chi connectivity index (χ2v) is 7.19. The first-order valence-corrected chi connectivity index (χ1v) is 8.76. The molecule has 1 saturated heterocycles. The molecule has 0 aromatic heterocycles. The highest BCUT2D eigenvalue weighted by Gasteiger charge is 2.31. The topological polar surface area (TPSA) is 85.6 Å². The van der Waals surface area contributed by atoms with Crippen LogP contribution >= 0.6 is 11.8 Å². The van der Waals surface area contributed by atoms with Crippen molar-refractivity contribution in [2.45, 2.75) is 38.0 Å². The van der Waals surface area contributed by atoms with Crippen molar-refractivity contribution in [3.05, 3.63) is 29.8 Å². The van der Waals surface area contributed by atoms with Gasteiger partial charge in [-0.05, 0) is 31.9 Å². The number of hydrogen-bond acceptors (Lipinski definition) is 6. The van der Waals surface area contributed by atoms with E-state index in [0.29, 0.717) is 17.8 Å². The first kappa shape index (κ1) is 18.2. The molecule has 1 aliphatic rings. The summed E-state index contributed by atoms with van der Waals surface area (Å²) in [5.41, 5.74) is 3.95. The molecule has 1 heterocycles. The molecule has 1 aliphatic heterocycles. The monoisotopic (exact) mass is 346 g/mol. The van der Waals surface area contributed by atoms with Crippen LogP contribution in [0.2, 0.25) is 0 Å². The lowest BCUT2D eigenvalue weighted by atomic mass is 10.0. The smallest absolute Gasteiger partial charge is 0.256 e. The lowest BCUT2D eigenvalue weighted by Crippen LogP contribution is -2.47. The summed E-state index contributed by atoms with van der Waals surface area (Å²) < 4.78 is 0. The highest BCUT2D eigenvalue weighted by Crippen LogP contribution is 2.29. The maximum absolute atomic E-state index is 13.0. The van der Waals surface area contributed by atoms with E-state index in [-0.39, 0.29) is 22.3 Å². The van der Waals surface area contributed by atoms with Crippen LogP contribution in [0.1, 0.15) is 37.0 Å². The summed E-state index contributed by atoms with van der Waals surface area (Å²) in [7, 11) is 0.